The summed E-state index contributed by atoms with van der Waals surface area (Å²) in [7, 11) is -1.72. The van der Waals surface area contributed by atoms with E-state index in [9.17, 15) is 8.42 Å². The van der Waals surface area contributed by atoms with Crippen molar-refractivity contribution in [2.24, 2.45) is 7.05 Å². The molecule has 2 aromatic heterocycles. The Hall–Kier alpha value is -1.19. The highest BCUT2D eigenvalue weighted by Crippen LogP contribution is 2.27. The maximum absolute atomic E-state index is 12.2. The Bertz CT molecular complexity index is 701. The van der Waals surface area contributed by atoms with Crippen molar-refractivity contribution in [2.45, 2.75) is 11.1 Å². The summed E-state index contributed by atoms with van der Waals surface area (Å²) >= 11 is 3.32. The lowest BCUT2D eigenvalue weighted by atomic mass is 10.2. The fourth-order valence-electron chi connectivity index (χ4n) is 1.95. The third-order valence-corrected chi connectivity index (χ3v) is 5.19. The molecule has 1 fully saturated rings. The number of hydrogen-bond donors (Lipinski definition) is 0. The van der Waals surface area contributed by atoms with Crippen molar-refractivity contribution < 1.29 is 8.42 Å². The molecule has 0 radical (unpaired) electrons. The van der Waals surface area contributed by atoms with Gasteiger partial charge in [0.2, 0.25) is 0 Å². The van der Waals surface area contributed by atoms with Gasteiger partial charge in [-0.2, -0.15) is 9.40 Å². The van der Waals surface area contributed by atoms with Crippen LogP contribution < -0.4 is 0 Å². The van der Waals surface area contributed by atoms with Crippen LogP contribution in [0.2, 0.25) is 0 Å². The molecule has 0 saturated carbocycles. The van der Waals surface area contributed by atoms with Crippen LogP contribution in [0.25, 0.3) is 0 Å². The highest BCUT2D eigenvalue weighted by Gasteiger charge is 2.39. The average molecular weight is 346 g/mol. The van der Waals surface area contributed by atoms with E-state index in [1.54, 1.807) is 22.5 Å². The van der Waals surface area contributed by atoms with E-state index in [4.69, 9.17) is 0 Å². The minimum atomic E-state index is -3.47. The maximum Gasteiger partial charge on any atom is 0.262 e. The fourth-order valence-corrected chi connectivity index (χ4v) is 3.73. The predicted molar refractivity (Wildman–Crippen MR) is 70.9 cm³/mol. The van der Waals surface area contributed by atoms with Crippen molar-refractivity contribution in [1.29, 1.82) is 0 Å². The van der Waals surface area contributed by atoms with Crippen LogP contribution in [0.3, 0.4) is 0 Å². The number of aromatic nitrogens is 4. The third kappa shape index (κ3) is 2.21. The molecule has 19 heavy (non-hydrogen) atoms. The average Bonchev–Trinajstić information content (AvgIpc) is 2.85. The molecule has 1 aliphatic rings. The van der Waals surface area contributed by atoms with Gasteiger partial charge in [-0.25, -0.2) is 13.4 Å². The van der Waals surface area contributed by atoms with E-state index in [0.717, 1.165) is 4.47 Å². The number of hydrogen-bond acceptors (Lipinski definition) is 4. The van der Waals surface area contributed by atoms with Gasteiger partial charge in [-0.05, 0) is 15.9 Å². The lowest BCUT2D eigenvalue weighted by Crippen LogP contribution is -2.50. The van der Waals surface area contributed by atoms with Crippen LogP contribution in [0.4, 0.5) is 0 Å². The van der Waals surface area contributed by atoms with E-state index in [0.29, 0.717) is 13.1 Å². The van der Waals surface area contributed by atoms with Crippen LogP contribution in [0.15, 0.2) is 34.4 Å². The Kier molecular flexibility index (Phi) is 2.99. The van der Waals surface area contributed by atoms with Crippen LogP contribution >= 0.6 is 15.9 Å². The Morgan fingerprint density at radius 3 is 2.63 bits per heavy atom. The number of rotatable bonds is 3. The summed E-state index contributed by atoms with van der Waals surface area (Å²) in [6.07, 6.45) is 6.52. The minimum absolute atomic E-state index is 0.0878. The molecule has 3 heterocycles. The van der Waals surface area contributed by atoms with E-state index in [2.05, 4.69) is 26.0 Å². The summed E-state index contributed by atoms with van der Waals surface area (Å²) in [6.45, 7) is 0.847. The van der Waals surface area contributed by atoms with Crippen molar-refractivity contribution in [1.82, 2.24) is 23.6 Å². The number of aryl methyl sites for hydroxylation is 1. The number of imidazole rings is 1. The zero-order chi connectivity index (χ0) is 13.6. The van der Waals surface area contributed by atoms with Crippen molar-refractivity contribution in [3.05, 3.63) is 29.4 Å². The zero-order valence-electron chi connectivity index (χ0n) is 10.1. The summed E-state index contributed by atoms with van der Waals surface area (Å²) in [4.78, 5) is 3.90. The quantitative estimate of drug-likeness (QED) is 0.817. The molecule has 0 N–H and O–H groups in total. The molecule has 0 amide bonds. The van der Waals surface area contributed by atoms with Crippen LogP contribution in [-0.2, 0) is 17.1 Å². The summed E-state index contributed by atoms with van der Waals surface area (Å²) in [5.74, 6) is 0. The van der Waals surface area contributed by atoms with Crippen molar-refractivity contribution in [2.75, 3.05) is 13.1 Å². The van der Waals surface area contributed by atoms with E-state index < -0.39 is 10.0 Å². The van der Waals surface area contributed by atoms with Crippen molar-refractivity contribution in [3.8, 4) is 0 Å². The first kappa shape index (κ1) is 12.8. The molecule has 0 bridgehead atoms. The molecule has 0 spiro atoms. The second-order valence-electron chi connectivity index (χ2n) is 4.49. The molecule has 102 valence electrons. The second-order valence-corrected chi connectivity index (χ2v) is 7.29. The Morgan fingerprint density at radius 1 is 1.37 bits per heavy atom. The smallest absolute Gasteiger partial charge is 0.262 e. The second kappa shape index (κ2) is 4.43. The van der Waals surface area contributed by atoms with Gasteiger partial charge in [0.1, 0.15) is 0 Å². The van der Waals surface area contributed by atoms with Crippen molar-refractivity contribution >= 4 is 26.0 Å². The third-order valence-electron chi connectivity index (χ3n) is 3.06. The maximum atomic E-state index is 12.2. The predicted octanol–water partition coefficient (Wildman–Crippen LogP) is 0.625. The summed E-state index contributed by atoms with van der Waals surface area (Å²) in [6, 6.07) is 0.0878. The van der Waals surface area contributed by atoms with Gasteiger partial charge in [0.25, 0.3) is 10.0 Å². The molecule has 2 aromatic rings. The number of halogens is 1. The van der Waals surface area contributed by atoms with Crippen LogP contribution in [-0.4, -0.2) is 45.1 Å². The first-order chi connectivity index (χ1) is 8.96. The molecular formula is C10H12BrN5O2S. The van der Waals surface area contributed by atoms with Crippen LogP contribution in [0, 0.1) is 0 Å². The zero-order valence-corrected chi connectivity index (χ0v) is 12.5. The van der Waals surface area contributed by atoms with Gasteiger partial charge in [0, 0.05) is 32.5 Å². The molecule has 0 aromatic carbocycles. The highest BCUT2D eigenvalue weighted by molar-refractivity contribution is 9.10. The topological polar surface area (TPSA) is 73.0 Å². The first-order valence-corrected chi connectivity index (χ1v) is 7.88. The Balaban J connectivity index is 1.73. The minimum Gasteiger partial charge on any atom is -0.339 e. The molecule has 1 saturated heterocycles. The normalized spacial score (nSPS) is 17.6. The lowest BCUT2D eigenvalue weighted by Gasteiger charge is -2.37. The van der Waals surface area contributed by atoms with Gasteiger partial charge in [-0.15, -0.1) is 0 Å². The van der Waals surface area contributed by atoms with E-state index >= 15 is 0 Å². The van der Waals surface area contributed by atoms with Crippen LogP contribution in [0.1, 0.15) is 6.04 Å². The molecule has 0 atom stereocenters. The SMILES string of the molecule is Cn1cnc(S(=O)(=O)N2CC(n3cc(Br)cn3)C2)c1. The van der Waals surface area contributed by atoms with Gasteiger partial charge in [-0.1, -0.05) is 0 Å². The van der Waals surface area contributed by atoms with Gasteiger partial charge < -0.3 is 4.57 Å². The molecule has 7 nitrogen and oxygen atoms in total. The fraction of sp³-hybridized carbons (Fsp3) is 0.400. The monoisotopic (exact) mass is 345 g/mol. The van der Waals surface area contributed by atoms with Crippen LogP contribution in [0.5, 0.6) is 0 Å². The van der Waals surface area contributed by atoms with E-state index in [1.165, 1.54) is 16.8 Å². The van der Waals surface area contributed by atoms with E-state index in [-0.39, 0.29) is 11.1 Å². The summed E-state index contributed by atoms with van der Waals surface area (Å²) < 4.78 is 30.1. The molecule has 1 aliphatic heterocycles. The van der Waals surface area contributed by atoms with Gasteiger partial charge in [-0.3, -0.25) is 4.68 Å². The summed E-state index contributed by atoms with van der Waals surface area (Å²) in [5.41, 5.74) is 0. The largest absolute Gasteiger partial charge is 0.339 e. The molecule has 9 heteroatoms. The van der Waals surface area contributed by atoms with E-state index in [1.807, 2.05) is 6.20 Å². The standard InChI is InChI=1S/C10H12BrN5O2S/c1-14-6-10(12-7-14)19(17,18)15-4-9(5-15)16-3-8(11)2-13-16/h2-3,6-7,9H,4-5H2,1H3. The Morgan fingerprint density at radius 2 is 2.11 bits per heavy atom. The lowest BCUT2D eigenvalue weighted by molar-refractivity contribution is 0.191. The highest BCUT2D eigenvalue weighted by atomic mass is 79.9. The number of sulfonamides is 1. The molecule has 3 rings (SSSR count). The van der Waals surface area contributed by atoms with Gasteiger partial charge in [0.05, 0.1) is 23.0 Å². The van der Waals surface area contributed by atoms with Gasteiger partial charge >= 0.3 is 0 Å². The Labute approximate surface area is 119 Å². The molecule has 0 aliphatic carbocycles. The van der Waals surface area contributed by atoms with Crippen molar-refractivity contribution in [3.63, 3.8) is 0 Å². The first-order valence-electron chi connectivity index (χ1n) is 5.64. The van der Waals surface area contributed by atoms with Gasteiger partial charge in [0.15, 0.2) is 5.03 Å². The number of nitrogens with zero attached hydrogens (tertiary/aromatic N) is 5. The molecular weight excluding hydrogens is 334 g/mol. The molecule has 0 unspecified atom stereocenters. The summed E-state index contributed by atoms with van der Waals surface area (Å²) in [5, 5.41) is 4.25.